The van der Waals surface area contributed by atoms with Gasteiger partial charge in [-0.15, -0.1) is 0 Å². The number of hydrogen-bond acceptors (Lipinski definition) is 3. The first-order valence-electron chi connectivity index (χ1n) is 6.86. The fourth-order valence-electron chi connectivity index (χ4n) is 2.18. The van der Waals surface area contributed by atoms with Crippen LogP contribution in [-0.2, 0) is 9.84 Å². The Labute approximate surface area is 129 Å². The van der Waals surface area contributed by atoms with E-state index in [4.69, 9.17) is 0 Å². The van der Waals surface area contributed by atoms with Crippen molar-refractivity contribution in [2.24, 2.45) is 0 Å². The van der Waals surface area contributed by atoms with Crippen molar-refractivity contribution in [1.82, 2.24) is 4.98 Å². The van der Waals surface area contributed by atoms with Gasteiger partial charge >= 0.3 is 0 Å². The fourth-order valence-corrected chi connectivity index (χ4v) is 2.81. The van der Waals surface area contributed by atoms with Crippen LogP contribution in [0, 0.1) is 0 Å². The van der Waals surface area contributed by atoms with Crippen LogP contribution in [0.2, 0.25) is 0 Å². The summed E-state index contributed by atoms with van der Waals surface area (Å²) in [6.45, 7) is 0. The van der Waals surface area contributed by atoms with Crippen LogP contribution in [0.15, 0.2) is 65.6 Å². The third-order valence-corrected chi connectivity index (χ3v) is 4.50. The molecule has 0 amide bonds. The third-order valence-electron chi connectivity index (χ3n) is 3.37. The van der Waals surface area contributed by atoms with E-state index >= 15 is 0 Å². The van der Waals surface area contributed by atoms with Crippen LogP contribution in [0.4, 0.5) is 0 Å². The van der Waals surface area contributed by atoms with Crippen LogP contribution < -0.4 is 0 Å². The Morgan fingerprint density at radius 3 is 2.32 bits per heavy atom. The van der Waals surface area contributed by atoms with Crippen LogP contribution in [0.25, 0.3) is 23.1 Å². The topological polar surface area (TPSA) is 47.0 Å². The Kier molecular flexibility index (Phi) is 3.77. The first-order valence-corrected chi connectivity index (χ1v) is 8.75. The highest BCUT2D eigenvalue weighted by Gasteiger charge is 2.05. The maximum Gasteiger partial charge on any atom is 0.175 e. The minimum absolute atomic E-state index is 0.327. The lowest BCUT2D eigenvalue weighted by Crippen LogP contribution is -1.96. The van der Waals surface area contributed by atoms with Gasteiger partial charge in [0, 0.05) is 11.6 Å². The molecule has 0 spiro atoms. The smallest absolute Gasteiger partial charge is 0.175 e. The van der Waals surface area contributed by atoms with Crippen molar-refractivity contribution in [3.63, 3.8) is 0 Å². The number of hydrogen-bond donors (Lipinski definition) is 0. The number of para-hydroxylation sites is 1. The van der Waals surface area contributed by atoms with Gasteiger partial charge < -0.3 is 0 Å². The highest BCUT2D eigenvalue weighted by Crippen LogP contribution is 2.15. The average molecular weight is 309 g/mol. The van der Waals surface area contributed by atoms with Gasteiger partial charge in [-0.05, 0) is 35.9 Å². The Morgan fingerprint density at radius 2 is 1.59 bits per heavy atom. The monoisotopic (exact) mass is 309 g/mol. The molecule has 3 nitrogen and oxygen atoms in total. The molecule has 0 atom stereocenters. The molecular formula is C18H15NO2S. The number of benzene rings is 2. The summed E-state index contributed by atoms with van der Waals surface area (Å²) in [6, 6.07) is 18.8. The first kappa shape index (κ1) is 14.5. The molecule has 0 bridgehead atoms. The molecule has 4 heteroatoms. The zero-order valence-corrected chi connectivity index (χ0v) is 12.9. The highest BCUT2D eigenvalue weighted by atomic mass is 32.2. The Morgan fingerprint density at radius 1 is 0.864 bits per heavy atom. The molecule has 0 N–H and O–H groups in total. The predicted molar refractivity (Wildman–Crippen MR) is 90.2 cm³/mol. The Hall–Kier alpha value is -2.46. The molecule has 110 valence electrons. The quantitative estimate of drug-likeness (QED) is 0.739. The van der Waals surface area contributed by atoms with Crippen LogP contribution >= 0.6 is 0 Å². The summed E-state index contributed by atoms with van der Waals surface area (Å²) >= 11 is 0. The van der Waals surface area contributed by atoms with Gasteiger partial charge in [0.25, 0.3) is 0 Å². The zero-order valence-electron chi connectivity index (χ0n) is 12.1. The van der Waals surface area contributed by atoms with E-state index in [1.54, 1.807) is 24.3 Å². The molecule has 1 aromatic heterocycles. The number of rotatable bonds is 3. The summed E-state index contributed by atoms with van der Waals surface area (Å²) in [6.07, 6.45) is 5.04. The summed E-state index contributed by atoms with van der Waals surface area (Å²) < 4.78 is 22.8. The number of nitrogens with zero attached hydrogens (tertiary/aromatic N) is 1. The number of fused-ring (bicyclic) bond motifs is 1. The number of sulfone groups is 1. The van der Waals surface area contributed by atoms with Crippen molar-refractivity contribution < 1.29 is 8.42 Å². The summed E-state index contributed by atoms with van der Waals surface area (Å²) in [4.78, 5) is 4.89. The molecule has 3 aromatic rings. The molecule has 2 aromatic carbocycles. The molecule has 3 rings (SSSR count). The van der Waals surface area contributed by atoms with E-state index in [0.717, 1.165) is 22.2 Å². The van der Waals surface area contributed by atoms with E-state index in [1.165, 1.54) is 6.26 Å². The fraction of sp³-hybridized carbons (Fsp3) is 0.0556. The van der Waals surface area contributed by atoms with Crippen LogP contribution in [0.5, 0.6) is 0 Å². The van der Waals surface area contributed by atoms with Gasteiger partial charge in [-0.3, -0.25) is 0 Å². The van der Waals surface area contributed by atoms with E-state index in [0.29, 0.717) is 4.90 Å². The van der Waals surface area contributed by atoms with Gasteiger partial charge in [0.2, 0.25) is 0 Å². The maximum absolute atomic E-state index is 11.4. The maximum atomic E-state index is 11.4. The van der Waals surface area contributed by atoms with Gasteiger partial charge in [0.1, 0.15) is 0 Å². The van der Waals surface area contributed by atoms with Crippen molar-refractivity contribution >= 4 is 32.9 Å². The van der Waals surface area contributed by atoms with Crippen LogP contribution in [-0.4, -0.2) is 19.7 Å². The van der Waals surface area contributed by atoms with Crippen LogP contribution in [0.3, 0.4) is 0 Å². The van der Waals surface area contributed by atoms with E-state index in [9.17, 15) is 8.42 Å². The molecule has 0 radical (unpaired) electrons. The van der Waals surface area contributed by atoms with Crippen molar-refractivity contribution in [3.05, 3.63) is 71.9 Å². The van der Waals surface area contributed by atoms with Gasteiger partial charge in [-0.25, -0.2) is 13.4 Å². The van der Waals surface area contributed by atoms with Crippen molar-refractivity contribution in [1.29, 1.82) is 0 Å². The molecule has 0 aliphatic heterocycles. The molecule has 22 heavy (non-hydrogen) atoms. The van der Waals surface area contributed by atoms with E-state index in [-0.39, 0.29) is 0 Å². The Bertz CT molecular complexity index is 942. The lowest BCUT2D eigenvalue weighted by Gasteiger charge is -2.00. The van der Waals surface area contributed by atoms with Gasteiger partial charge in [-0.2, -0.15) is 0 Å². The highest BCUT2D eigenvalue weighted by molar-refractivity contribution is 7.90. The van der Waals surface area contributed by atoms with E-state index < -0.39 is 9.84 Å². The van der Waals surface area contributed by atoms with Gasteiger partial charge in [0.15, 0.2) is 9.84 Å². The molecule has 0 aliphatic rings. The summed E-state index contributed by atoms with van der Waals surface area (Å²) in [5, 5.41) is 1.11. The third kappa shape index (κ3) is 3.23. The van der Waals surface area contributed by atoms with E-state index in [1.807, 2.05) is 48.6 Å². The largest absolute Gasteiger partial charge is 0.248 e. The minimum atomic E-state index is -3.15. The first-order chi connectivity index (χ1) is 10.5. The summed E-state index contributed by atoms with van der Waals surface area (Å²) in [5.41, 5.74) is 2.75. The average Bonchev–Trinajstić information content (AvgIpc) is 2.52. The van der Waals surface area contributed by atoms with Gasteiger partial charge in [-0.1, -0.05) is 42.5 Å². The summed E-state index contributed by atoms with van der Waals surface area (Å²) in [5.74, 6) is 0. The predicted octanol–water partition coefficient (Wildman–Crippen LogP) is 3.81. The summed E-state index contributed by atoms with van der Waals surface area (Å²) in [7, 11) is -3.15. The molecule has 0 aliphatic carbocycles. The minimum Gasteiger partial charge on any atom is -0.248 e. The molecule has 0 fully saturated rings. The SMILES string of the molecule is CS(=O)(=O)c1ccc(/C=C/c2ccc3ccccc3n2)cc1. The second-order valence-corrected chi connectivity index (χ2v) is 7.12. The second-order valence-electron chi connectivity index (χ2n) is 5.10. The standard InChI is InChI=1S/C18H15NO2S/c1-22(20,21)17-12-7-14(8-13-17)6-10-16-11-9-15-4-2-3-5-18(15)19-16/h2-13H,1H3/b10-6+. The number of pyridine rings is 1. The van der Waals surface area contributed by atoms with Crippen molar-refractivity contribution in [3.8, 4) is 0 Å². The molecule has 0 saturated heterocycles. The lowest BCUT2D eigenvalue weighted by molar-refractivity contribution is 0.602. The van der Waals surface area contributed by atoms with E-state index in [2.05, 4.69) is 4.98 Å². The molecular weight excluding hydrogens is 294 g/mol. The van der Waals surface area contributed by atoms with Crippen LogP contribution in [0.1, 0.15) is 11.3 Å². The molecule has 1 heterocycles. The van der Waals surface area contributed by atoms with Crippen molar-refractivity contribution in [2.45, 2.75) is 4.90 Å². The molecule has 0 saturated carbocycles. The Balaban J connectivity index is 1.86. The zero-order chi connectivity index (χ0) is 15.6. The normalized spacial score (nSPS) is 12.0. The van der Waals surface area contributed by atoms with Gasteiger partial charge in [0.05, 0.1) is 16.1 Å². The van der Waals surface area contributed by atoms with Crippen molar-refractivity contribution in [2.75, 3.05) is 6.26 Å². The number of aromatic nitrogens is 1. The lowest BCUT2D eigenvalue weighted by atomic mass is 10.1. The molecule has 0 unspecified atom stereocenters. The second kappa shape index (κ2) is 5.73.